The molecule has 0 radical (unpaired) electrons. The summed E-state index contributed by atoms with van der Waals surface area (Å²) in [5, 5.41) is 8.13. The number of hydrogen-bond donors (Lipinski definition) is 2. The summed E-state index contributed by atoms with van der Waals surface area (Å²) in [7, 11) is 0. The first-order chi connectivity index (χ1) is 11.1. The summed E-state index contributed by atoms with van der Waals surface area (Å²) in [6.45, 7) is 0. The topological polar surface area (TPSA) is 67.2 Å². The zero-order chi connectivity index (χ0) is 16.2. The summed E-state index contributed by atoms with van der Waals surface area (Å²) >= 11 is 0. The third-order valence-corrected chi connectivity index (χ3v) is 3.01. The molecule has 2 N–H and O–H groups in total. The molecule has 23 heavy (non-hydrogen) atoms. The van der Waals surface area contributed by atoms with Gasteiger partial charge in [-0.25, -0.2) is 13.6 Å². The van der Waals surface area contributed by atoms with Gasteiger partial charge in [0.2, 0.25) is 0 Å². The molecule has 0 saturated carbocycles. The molecule has 0 saturated heterocycles. The monoisotopic (exact) mass is 315 g/mol. The van der Waals surface area contributed by atoms with Gasteiger partial charge in [0.1, 0.15) is 17.3 Å². The lowest BCUT2D eigenvalue weighted by molar-refractivity contribution is 0.261. The van der Waals surface area contributed by atoms with Crippen molar-refractivity contribution in [2.75, 3.05) is 10.6 Å². The molecule has 0 bridgehead atoms. The van der Waals surface area contributed by atoms with Crippen LogP contribution in [0.1, 0.15) is 0 Å². The Morgan fingerprint density at radius 1 is 0.957 bits per heavy atom. The predicted molar refractivity (Wildman–Crippen MR) is 80.9 cm³/mol. The molecule has 1 heterocycles. The van der Waals surface area contributed by atoms with Crippen LogP contribution in [0.3, 0.4) is 0 Å². The van der Waals surface area contributed by atoms with Crippen LogP contribution in [-0.4, -0.2) is 11.2 Å². The van der Waals surface area contributed by atoms with E-state index < -0.39 is 23.4 Å². The molecule has 2 aromatic carbocycles. The number of para-hydroxylation sites is 1. The molecule has 0 spiro atoms. The van der Waals surface area contributed by atoms with Gasteiger partial charge in [-0.15, -0.1) is 0 Å². The minimum absolute atomic E-state index is 0.123. The Hall–Kier alpha value is -3.22. The molecule has 0 aliphatic rings. The summed E-state index contributed by atoms with van der Waals surface area (Å²) in [4.78, 5) is 11.8. The van der Waals surface area contributed by atoms with Crippen molar-refractivity contribution in [1.82, 2.24) is 5.16 Å². The van der Waals surface area contributed by atoms with Gasteiger partial charge in [-0.2, -0.15) is 0 Å². The molecule has 0 aliphatic heterocycles. The van der Waals surface area contributed by atoms with Crippen molar-refractivity contribution in [1.29, 1.82) is 0 Å². The van der Waals surface area contributed by atoms with Crippen LogP contribution in [0.5, 0.6) is 0 Å². The number of rotatable bonds is 3. The summed E-state index contributed by atoms with van der Waals surface area (Å²) in [6.07, 6.45) is 0. The highest BCUT2D eigenvalue weighted by Crippen LogP contribution is 2.22. The van der Waals surface area contributed by atoms with Crippen molar-refractivity contribution >= 4 is 17.5 Å². The second kappa shape index (κ2) is 6.27. The van der Waals surface area contributed by atoms with E-state index in [4.69, 9.17) is 4.52 Å². The van der Waals surface area contributed by atoms with Crippen LogP contribution in [0.15, 0.2) is 59.1 Å². The molecule has 0 unspecified atom stereocenters. The van der Waals surface area contributed by atoms with E-state index in [9.17, 15) is 13.6 Å². The normalized spacial score (nSPS) is 10.3. The summed E-state index contributed by atoms with van der Waals surface area (Å²) in [5.41, 5.74) is 0.255. The first-order valence-corrected chi connectivity index (χ1v) is 6.67. The third-order valence-electron chi connectivity index (χ3n) is 3.01. The average molecular weight is 315 g/mol. The van der Waals surface area contributed by atoms with E-state index in [1.54, 1.807) is 0 Å². The van der Waals surface area contributed by atoms with E-state index in [1.807, 2.05) is 30.3 Å². The molecule has 3 rings (SSSR count). The fourth-order valence-corrected chi connectivity index (χ4v) is 1.95. The molecule has 5 nitrogen and oxygen atoms in total. The van der Waals surface area contributed by atoms with Crippen molar-refractivity contribution in [3.63, 3.8) is 0 Å². The number of carbonyl (C=O) groups is 1. The number of nitrogens with one attached hydrogen (secondary N) is 2. The fraction of sp³-hybridized carbons (Fsp3) is 0. The number of nitrogens with zero attached hydrogens (tertiary/aromatic N) is 1. The van der Waals surface area contributed by atoms with Crippen molar-refractivity contribution in [3.05, 3.63) is 66.2 Å². The lowest BCUT2D eigenvalue weighted by Gasteiger charge is -2.07. The van der Waals surface area contributed by atoms with Crippen LogP contribution in [0.4, 0.5) is 25.1 Å². The number of urea groups is 1. The smallest absolute Gasteiger partial charge is 0.325 e. The van der Waals surface area contributed by atoms with Gasteiger partial charge >= 0.3 is 6.03 Å². The van der Waals surface area contributed by atoms with Crippen LogP contribution in [0.2, 0.25) is 0 Å². The minimum Gasteiger partial charge on any atom is -0.354 e. The van der Waals surface area contributed by atoms with E-state index in [2.05, 4.69) is 15.8 Å². The van der Waals surface area contributed by atoms with Crippen molar-refractivity contribution < 1.29 is 18.1 Å². The maximum absolute atomic E-state index is 13.5. The lowest BCUT2D eigenvalue weighted by atomic mass is 10.2. The zero-order valence-corrected chi connectivity index (χ0v) is 11.7. The van der Waals surface area contributed by atoms with E-state index in [1.165, 1.54) is 12.1 Å². The van der Waals surface area contributed by atoms with Gasteiger partial charge in [0.25, 0.3) is 0 Å². The zero-order valence-electron chi connectivity index (χ0n) is 11.7. The Morgan fingerprint density at radius 3 is 2.35 bits per heavy atom. The van der Waals surface area contributed by atoms with Gasteiger partial charge in [-0.05, 0) is 12.1 Å². The average Bonchev–Trinajstić information content (AvgIpc) is 3.00. The summed E-state index contributed by atoms with van der Waals surface area (Å²) < 4.78 is 32.0. The van der Waals surface area contributed by atoms with Crippen molar-refractivity contribution in [2.24, 2.45) is 0 Å². The second-order valence-electron chi connectivity index (χ2n) is 4.62. The molecule has 2 amide bonds. The number of amides is 2. The summed E-state index contributed by atoms with van der Waals surface area (Å²) in [5.74, 6) is -1.16. The molecular weight excluding hydrogens is 304 g/mol. The van der Waals surface area contributed by atoms with E-state index in [0.717, 1.165) is 17.7 Å². The predicted octanol–water partition coefficient (Wildman–Crippen LogP) is 4.26. The SMILES string of the molecule is O=C(Nc1cc(-c2ccccc2)on1)Nc1c(F)cccc1F. The highest BCUT2D eigenvalue weighted by Gasteiger charge is 2.14. The number of hydrogen-bond acceptors (Lipinski definition) is 3. The number of anilines is 2. The second-order valence-corrected chi connectivity index (χ2v) is 4.62. The van der Waals surface area contributed by atoms with Gasteiger partial charge < -0.3 is 9.84 Å². The van der Waals surface area contributed by atoms with Gasteiger partial charge in [0.05, 0.1) is 0 Å². The Balaban J connectivity index is 1.70. The molecular formula is C16H11F2N3O2. The first kappa shape index (κ1) is 14.7. The van der Waals surface area contributed by atoms with E-state index in [-0.39, 0.29) is 5.82 Å². The van der Waals surface area contributed by atoms with Crippen LogP contribution >= 0.6 is 0 Å². The fourth-order valence-electron chi connectivity index (χ4n) is 1.95. The first-order valence-electron chi connectivity index (χ1n) is 6.67. The van der Waals surface area contributed by atoms with Gasteiger partial charge in [-0.3, -0.25) is 5.32 Å². The highest BCUT2D eigenvalue weighted by molar-refractivity contribution is 5.99. The quantitative estimate of drug-likeness (QED) is 0.758. The molecule has 116 valence electrons. The summed E-state index contributed by atoms with van der Waals surface area (Å²) in [6, 6.07) is 13.1. The Bertz CT molecular complexity index is 814. The minimum atomic E-state index is -0.870. The molecule has 1 aromatic heterocycles. The van der Waals surface area contributed by atoms with Crippen LogP contribution in [-0.2, 0) is 0 Å². The molecule has 0 fully saturated rings. The molecule has 0 aliphatic carbocycles. The number of halogens is 2. The number of aromatic nitrogens is 1. The molecule has 3 aromatic rings. The van der Waals surface area contributed by atoms with Crippen LogP contribution < -0.4 is 10.6 Å². The molecule has 0 atom stereocenters. The van der Waals surface area contributed by atoms with Crippen LogP contribution in [0.25, 0.3) is 11.3 Å². The van der Waals surface area contributed by atoms with Gasteiger partial charge in [-0.1, -0.05) is 41.6 Å². The maximum atomic E-state index is 13.5. The van der Waals surface area contributed by atoms with Crippen LogP contribution in [0, 0.1) is 11.6 Å². The standard InChI is InChI=1S/C16H11F2N3O2/c17-11-7-4-8-12(18)15(11)20-16(22)19-14-9-13(23-21-14)10-5-2-1-3-6-10/h1-9H,(H2,19,20,21,22). The van der Waals surface area contributed by atoms with Gasteiger partial charge in [0.15, 0.2) is 11.6 Å². The lowest BCUT2D eigenvalue weighted by Crippen LogP contribution is -2.21. The third kappa shape index (κ3) is 3.34. The van der Waals surface area contributed by atoms with E-state index in [0.29, 0.717) is 5.76 Å². The largest absolute Gasteiger partial charge is 0.354 e. The Labute approximate surface area is 129 Å². The number of carbonyl (C=O) groups excluding carboxylic acids is 1. The Kier molecular flexibility index (Phi) is 4.01. The molecule has 7 heteroatoms. The van der Waals surface area contributed by atoms with Crippen molar-refractivity contribution in [2.45, 2.75) is 0 Å². The van der Waals surface area contributed by atoms with Gasteiger partial charge in [0, 0.05) is 11.6 Å². The Morgan fingerprint density at radius 2 is 1.65 bits per heavy atom. The number of benzene rings is 2. The maximum Gasteiger partial charge on any atom is 0.325 e. The van der Waals surface area contributed by atoms with E-state index >= 15 is 0 Å². The van der Waals surface area contributed by atoms with Crippen molar-refractivity contribution in [3.8, 4) is 11.3 Å². The highest BCUT2D eigenvalue weighted by atomic mass is 19.1.